The Morgan fingerprint density at radius 2 is 1.89 bits per heavy atom. The van der Waals surface area contributed by atoms with Gasteiger partial charge in [-0.2, -0.15) is 0 Å². The van der Waals surface area contributed by atoms with E-state index in [1.165, 1.54) is 21.9 Å². The summed E-state index contributed by atoms with van der Waals surface area (Å²) in [6.45, 7) is 4.84. The van der Waals surface area contributed by atoms with Crippen molar-refractivity contribution in [3.8, 4) is 0 Å². The third-order valence-corrected chi connectivity index (χ3v) is 3.99. The van der Waals surface area contributed by atoms with Crippen molar-refractivity contribution in [3.05, 3.63) is 52.0 Å². The number of nitrogens with one attached hydrogen (secondary N) is 1. The average molecular weight is 278 g/mol. The fraction of sp³-hybridized carbons (Fsp3) is 0.333. The largest absolute Gasteiger partial charge is 0.373 e. The average Bonchev–Trinajstić information content (AvgIpc) is 2.81. The van der Waals surface area contributed by atoms with Gasteiger partial charge in [0, 0.05) is 42.1 Å². The molecule has 0 fully saturated rings. The van der Waals surface area contributed by atoms with E-state index in [9.17, 15) is 4.39 Å². The van der Waals surface area contributed by atoms with E-state index in [4.69, 9.17) is 0 Å². The molecule has 0 amide bonds. The van der Waals surface area contributed by atoms with Crippen molar-refractivity contribution in [1.82, 2.24) is 5.32 Å². The lowest BCUT2D eigenvalue weighted by Gasteiger charge is -2.19. The molecule has 4 heteroatoms. The molecule has 0 unspecified atom stereocenters. The summed E-state index contributed by atoms with van der Waals surface area (Å²) in [4.78, 5) is 4.83. The van der Waals surface area contributed by atoms with E-state index in [0.717, 1.165) is 25.3 Å². The van der Waals surface area contributed by atoms with Crippen molar-refractivity contribution in [3.63, 3.8) is 0 Å². The van der Waals surface area contributed by atoms with Crippen molar-refractivity contribution in [2.24, 2.45) is 0 Å². The minimum atomic E-state index is -0.191. The summed E-state index contributed by atoms with van der Waals surface area (Å²) in [5, 5.41) is 3.42. The van der Waals surface area contributed by atoms with Crippen molar-refractivity contribution < 1.29 is 4.39 Å². The van der Waals surface area contributed by atoms with Gasteiger partial charge >= 0.3 is 0 Å². The lowest BCUT2D eigenvalue weighted by molar-refractivity contribution is 0.627. The first kappa shape index (κ1) is 14.0. The number of hydrogen-bond donors (Lipinski definition) is 1. The number of likely N-dealkylation sites (N-methyl/N-ethyl adjacent to an activating group) is 1. The van der Waals surface area contributed by atoms with E-state index in [2.05, 4.69) is 29.3 Å². The van der Waals surface area contributed by atoms with Crippen LogP contribution in [0.1, 0.15) is 9.75 Å². The molecule has 0 bridgehead atoms. The number of halogens is 1. The summed E-state index contributed by atoms with van der Waals surface area (Å²) in [6, 6.07) is 10.9. The van der Waals surface area contributed by atoms with Crippen LogP contribution in [0.15, 0.2) is 36.4 Å². The van der Waals surface area contributed by atoms with Crippen LogP contribution in [0.3, 0.4) is 0 Å². The van der Waals surface area contributed by atoms with Gasteiger partial charge < -0.3 is 10.2 Å². The summed E-state index contributed by atoms with van der Waals surface area (Å²) in [6.07, 6.45) is 0. The molecule has 2 rings (SSSR count). The number of thiophene rings is 1. The number of hydrogen-bond acceptors (Lipinski definition) is 3. The molecule has 0 saturated carbocycles. The van der Waals surface area contributed by atoms with Crippen LogP contribution < -0.4 is 10.2 Å². The molecule has 0 saturated heterocycles. The number of aryl methyl sites for hydroxylation is 1. The maximum atomic E-state index is 12.8. The van der Waals surface area contributed by atoms with Gasteiger partial charge in [-0.15, -0.1) is 11.3 Å². The minimum Gasteiger partial charge on any atom is -0.373 e. The molecule has 19 heavy (non-hydrogen) atoms. The van der Waals surface area contributed by atoms with E-state index in [1.54, 1.807) is 12.1 Å². The van der Waals surface area contributed by atoms with Crippen LogP contribution in [0.2, 0.25) is 0 Å². The second-order valence-electron chi connectivity index (χ2n) is 4.59. The van der Waals surface area contributed by atoms with E-state index >= 15 is 0 Å². The van der Waals surface area contributed by atoms with Gasteiger partial charge in [-0.3, -0.25) is 0 Å². The second kappa shape index (κ2) is 6.68. The highest BCUT2D eigenvalue weighted by molar-refractivity contribution is 7.11. The molecule has 0 aliphatic carbocycles. The molecule has 2 nitrogen and oxygen atoms in total. The van der Waals surface area contributed by atoms with Crippen LogP contribution in [0.5, 0.6) is 0 Å². The number of anilines is 1. The van der Waals surface area contributed by atoms with Gasteiger partial charge in [0.1, 0.15) is 5.82 Å². The molecule has 1 N–H and O–H groups in total. The zero-order valence-corrected chi connectivity index (χ0v) is 12.1. The van der Waals surface area contributed by atoms with Gasteiger partial charge in [0.15, 0.2) is 0 Å². The first-order valence-electron chi connectivity index (χ1n) is 6.38. The Hall–Kier alpha value is -1.39. The Bertz CT molecular complexity index is 507. The van der Waals surface area contributed by atoms with Crippen LogP contribution in [0, 0.1) is 12.7 Å². The van der Waals surface area contributed by atoms with Crippen LogP contribution in [0.25, 0.3) is 0 Å². The Morgan fingerprint density at radius 1 is 1.16 bits per heavy atom. The predicted molar refractivity (Wildman–Crippen MR) is 80.4 cm³/mol. The summed E-state index contributed by atoms with van der Waals surface area (Å²) >= 11 is 1.83. The maximum Gasteiger partial charge on any atom is 0.123 e. The Labute approximate surface area is 117 Å². The molecule has 1 aromatic heterocycles. The van der Waals surface area contributed by atoms with E-state index in [-0.39, 0.29) is 5.82 Å². The van der Waals surface area contributed by atoms with Crippen molar-refractivity contribution in [1.29, 1.82) is 0 Å². The predicted octanol–water partition coefficient (Wildman–Crippen LogP) is 3.42. The molecule has 0 radical (unpaired) electrons. The van der Waals surface area contributed by atoms with E-state index in [1.807, 2.05) is 18.4 Å². The fourth-order valence-corrected chi connectivity index (χ4v) is 2.72. The molecule has 0 aliphatic heterocycles. The molecule has 0 aliphatic rings. The van der Waals surface area contributed by atoms with Crippen molar-refractivity contribution in [2.75, 3.05) is 25.0 Å². The third-order valence-electron chi connectivity index (χ3n) is 2.99. The molecular formula is C15H19FN2S. The van der Waals surface area contributed by atoms with Crippen LogP contribution >= 0.6 is 11.3 Å². The number of nitrogens with zero attached hydrogens (tertiary/aromatic N) is 1. The van der Waals surface area contributed by atoms with Crippen molar-refractivity contribution >= 4 is 17.0 Å². The van der Waals surface area contributed by atoms with Gasteiger partial charge in [-0.1, -0.05) is 0 Å². The normalized spacial score (nSPS) is 10.7. The molecular weight excluding hydrogens is 259 g/mol. The maximum absolute atomic E-state index is 12.8. The zero-order valence-electron chi connectivity index (χ0n) is 11.3. The van der Waals surface area contributed by atoms with Crippen LogP contribution in [-0.4, -0.2) is 20.1 Å². The lowest BCUT2D eigenvalue weighted by Crippen LogP contribution is -2.28. The standard InChI is InChI=1S/C15H19FN2S/c1-12-3-8-15(19-12)11-17-9-10-18(2)14-6-4-13(16)5-7-14/h3-8,17H,9-11H2,1-2H3. The Kier molecular flexibility index (Phi) is 4.93. The monoisotopic (exact) mass is 278 g/mol. The van der Waals surface area contributed by atoms with Gasteiger partial charge in [-0.05, 0) is 43.3 Å². The quantitative estimate of drug-likeness (QED) is 0.815. The topological polar surface area (TPSA) is 15.3 Å². The fourth-order valence-electron chi connectivity index (χ4n) is 1.86. The van der Waals surface area contributed by atoms with Gasteiger partial charge in [0.2, 0.25) is 0 Å². The lowest BCUT2D eigenvalue weighted by atomic mass is 10.3. The van der Waals surface area contributed by atoms with E-state index < -0.39 is 0 Å². The van der Waals surface area contributed by atoms with Crippen LogP contribution in [0.4, 0.5) is 10.1 Å². The first-order chi connectivity index (χ1) is 9.15. The molecule has 1 aromatic carbocycles. The molecule has 0 spiro atoms. The summed E-state index contributed by atoms with van der Waals surface area (Å²) in [7, 11) is 2.02. The van der Waals surface area contributed by atoms with Gasteiger partial charge in [0.05, 0.1) is 0 Å². The summed E-state index contributed by atoms with van der Waals surface area (Å²) in [5.74, 6) is -0.191. The smallest absolute Gasteiger partial charge is 0.123 e. The molecule has 102 valence electrons. The van der Waals surface area contributed by atoms with Gasteiger partial charge in [-0.25, -0.2) is 4.39 Å². The zero-order chi connectivity index (χ0) is 13.7. The highest BCUT2D eigenvalue weighted by Gasteiger charge is 2.01. The Morgan fingerprint density at radius 3 is 2.53 bits per heavy atom. The highest BCUT2D eigenvalue weighted by atomic mass is 32.1. The Balaban J connectivity index is 1.72. The van der Waals surface area contributed by atoms with Gasteiger partial charge in [0.25, 0.3) is 0 Å². The number of rotatable bonds is 6. The number of benzene rings is 1. The molecule has 0 atom stereocenters. The highest BCUT2D eigenvalue weighted by Crippen LogP contribution is 2.14. The SMILES string of the molecule is Cc1ccc(CNCCN(C)c2ccc(F)cc2)s1. The summed E-state index contributed by atoms with van der Waals surface area (Å²) < 4.78 is 12.8. The summed E-state index contributed by atoms with van der Waals surface area (Å²) in [5.41, 5.74) is 1.04. The minimum absolute atomic E-state index is 0.191. The second-order valence-corrected chi connectivity index (χ2v) is 5.96. The van der Waals surface area contributed by atoms with Crippen LogP contribution in [-0.2, 0) is 6.54 Å². The van der Waals surface area contributed by atoms with E-state index in [0.29, 0.717) is 0 Å². The third kappa shape index (κ3) is 4.33. The molecule has 1 heterocycles. The molecule has 2 aromatic rings. The first-order valence-corrected chi connectivity index (χ1v) is 7.19. The van der Waals surface area contributed by atoms with Crippen molar-refractivity contribution in [2.45, 2.75) is 13.5 Å².